The number of carbonyl (C=O) groups excluding carboxylic acids is 1. The number of nitrogens with zero attached hydrogens (tertiary/aromatic N) is 1. The van der Waals surface area contributed by atoms with Crippen LogP contribution in [0.1, 0.15) is 12.5 Å². The van der Waals surface area contributed by atoms with Gasteiger partial charge in [0.15, 0.2) is 0 Å². The second-order valence-corrected chi connectivity index (χ2v) is 4.85. The molecule has 0 atom stereocenters. The van der Waals surface area contributed by atoms with E-state index in [0.29, 0.717) is 12.3 Å². The molecule has 122 valence electrons. The Morgan fingerprint density at radius 2 is 1.96 bits per heavy atom. The maximum absolute atomic E-state index is 11.8. The van der Waals surface area contributed by atoms with Gasteiger partial charge in [-0.05, 0) is 36.8 Å². The Morgan fingerprint density at radius 1 is 1.17 bits per heavy atom. The summed E-state index contributed by atoms with van der Waals surface area (Å²) in [5.74, 6) is 1.36. The third kappa shape index (κ3) is 5.60. The summed E-state index contributed by atoms with van der Waals surface area (Å²) in [5, 5.41) is 5.83. The monoisotopic (exact) mass is 315 g/mol. The van der Waals surface area contributed by atoms with Gasteiger partial charge in [-0.15, -0.1) is 0 Å². The second kappa shape index (κ2) is 8.75. The zero-order valence-electron chi connectivity index (χ0n) is 13.3. The molecule has 1 heterocycles. The number of amides is 1. The fourth-order valence-corrected chi connectivity index (χ4v) is 1.93. The normalized spacial score (nSPS) is 10.2. The molecule has 0 aliphatic rings. The van der Waals surface area contributed by atoms with Crippen LogP contribution in [0.15, 0.2) is 42.6 Å². The molecular weight excluding hydrogens is 294 g/mol. The van der Waals surface area contributed by atoms with E-state index in [0.717, 1.165) is 23.7 Å². The number of pyridine rings is 1. The third-order valence-electron chi connectivity index (χ3n) is 3.07. The van der Waals surface area contributed by atoms with E-state index in [9.17, 15) is 4.79 Å². The minimum absolute atomic E-state index is 0.0129. The van der Waals surface area contributed by atoms with Crippen LogP contribution in [0.4, 0.5) is 11.5 Å². The topological polar surface area (TPSA) is 72.5 Å². The van der Waals surface area contributed by atoms with Crippen molar-refractivity contribution in [2.24, 2.45) is 0 Å². The van der Waals surface area contributed by atoms with Crippen LogP contribution in [0.5, 0.6) is 5.75 Å². The van der Waals surface area contributed by atoms with Gasteiger partial charge < -0.3 is 20.1 Å². The van der Waals surface area contributed by atoms with Crippen molar-refractivity contribution >= 4 is 17.4 Å². The highest BCUT2D eigenvalue weighted by Crippen LogP contribution is 2.12. The zero-order valence-corrected chi connectivity index (χ0v) is 13.3. The molecule has 23 heavy (non-hydrogen) atoms. The summed E-state index contributed by atoms with van der Waals surface area (Å²) in [6.07, 6.45) is 1.61. The lowest BCUT2D eigenvalue weighted by molar-refractivity contribution is -0.121. The number of ether oxygens (including phenoxy) is 2. The van der Waals surface area contributed by atoms with Crippen molar-refractivity contribution in [3.8, 4) is 5.75 Å². The van der Waals surface area contributed by atoms with Crippen molar-refractivity contribution in [1.82, 2.24) is 4.98 Å². The van der Waals surface area contributed by atoms with Gasteiger partial charge in [0.2, 0.25) is 5.91 Å². The average Bonchev–Trinajstić information content (AvgIpc) is 2.57. The van der Waals surface area contributed by atoms with E-state index in [4.69, 9.17) is 9.47 Å². The number of anilines is 2. The average molecular weight is 315 g/mol. The Labute approximate surface area is 135 Å². The van der Waals surface area contributed by atoms with Gasteiger partial charge in [0.1, 0.15) is 18.2 Å². The highest BCUT2D eigenvalue weighted by Gasteiger charge is 2.04. The van der Waals surface area contributed by atoms with E-state index in [1.54, 1.807) is 19.4 Å². The zero-order chi connectivity index (χ0) is 16.5. The molecule has 0 fully saturated rings. The van der Waals surface area contributed by atoms with Gasteiger partial charge in [0, 0.05) is 6.54 Å². The van der Waals surface area contributed by atoms with Crippen molar-refractivity contribution in [2.75, 3.05) is 30.9 Å². The number of hydrogen-bond donors (Lipinski definition) is 2. The largest absolute Gasteiger partial charge is 0.497 e. The van der Waals surface area contributed by atoms with Gasteiger partial charge in [-0.3, -0.25) is 4.79 Å². The number of nitrogens with one attached hydrogen (secondary N) is 2. The number of benzene rings is 1. The Kier molecular flexibility index (Phi) is 6.38. The van der Waals surface area contributed by atoms with E-state index in [1.165, 1.54) is 0 Å². The van der Waals surface area contributed by atoms with E-state index in [1.807, 2.05) is 37.3 Å². The first-order valence-electron chi connectivity index (χ1n) is 7.41. The maximum Gasteiger partial charge on any atom is 0.250 e. The molecule has 1 amide bonds. The molecule has 2 N–H and O–H groups in total. The molecule has 1 aromatic heterocycles. The van der Waals surface area contributed by atoms with E-state index in [2.05, 4.69) is 15.6 Å². The Balaban J connectivity index is 1.73. The lowest BCUT2D eigenvalue weighted by atomic mass is 10.2. The lowest BCUT2D eigenvalue weighted by Crippen LogP contribution is -2.18. The van der Waals surface area contributed by atoms with Crippen molar-refractivity contribution in [3.05, 3.63) is 48.2 Å². The molecule has 0 saturated carbocycles. The number of aromatic nitrogens is 1. The van der Waals surface area contributed by atoms with Crippen molar-refractivity contribution in [3.63, 3.8) is 0 Å². The summed E-state index contributed by atoms with van der Waals surface area (Å²) in [5.41, 5.74) is 1.62. The van der Waals surface area contributed by atoms with Crippen LogP contribution in [0.3, 0.4) is 0 Å². The lowest BCUT2D eigenvalue weighted by Gasteiger charge is -2.08. The molecule has 0 spiro atoms. The SMILES string of the molecule is CCNc1ccc(NC(=O)COCc2ccc(OC)cc2)cn1. The molecule has 0 saturated heterocycles. The van der Waals surface area contributed by atoms with E-state index in [-0.39, 0.29) is 12.5 Å². The quantitative estimate of drug-likeness (QED) is 0.783. The Morgan fingerprint density at radius 3 is 2.57 bits per heavy atom. The summed E-state index contributed by atoms with van der Waals surface area (Å²) in [4.78, 5) is 16.0. The van der Waals surface area contributed by atoms with Crippen LogP contribution in [-0.2, 0) is 16.1 Å². The fourth-order valence-electron chi connectivity index (χ4n) is 1.93. The van der Waals surface area contributed by atoms with Gasteiger partial charge in [0.05, 0.1) is 25.6 Å². The molecule has 0 radical (unpaired) electrons. The number of rotatable bonds is 8. The predicted molar refractivity (Wildman–Crippen MR) is 89.7 cm³/mol. The van der Waals surface area contributed by atoms with Gasteiger partial charge in [-0.25, -0.2) is 4.98 Å². The summed E-state index contributed by atoms with van der Waals surface area (Å²) in [6.45, 7) is 3.16. The Bertz CT molecular complexity index is 612. The molecule has 0 bridgehead atoms. The van der Waals surface area contributed by atoms with E-state index >= 15 is 0 Å². The molecule has 1 aromatic carbocycles. The van der Waals surface area contributed by atoms with Crippen LogP contribution in [0, 0.1) is 0 Å². The van der Waals surface area contributed by atoms with Crippen LogP contribution < -0.4 is 15.4 Å². The summed E-state index contributed by atoms with van der Waals surface area (Å²) < 4.78 is 10.5. The standard InChI is InChI=1S/C17H21N3O3/c1-3-18-16-9-6-14(10-19-16)20-17(21)12-23-11-13-4-7-15(22-2)8-5-13/h4-10H,3,11-12H2,1-2H3,(H,18,19)(H,20,21). The van der Waals surface area contributed by atoms with Gasteiger partial charge in [0.25, 0.3) is 0 Å². The highest BCUT2D eigenvalue weighted by atomic mass is 16.5. The fraction of sp³-hybridized carbons (Fsp3) is 0.294. The third-order valence-corrected chi connectivity index (χ3v) is 3.07. The number of methoxy groups -OCH3 is 1. The number of carbonyl (C=O) groups is 1. The molecule has 0 aliphatic carbocycles. The molecule has 2 rings (SSSR count). The van der Waals surface area contributed by atoms with Gasteiger partial charge in [-0.1, -0.05) is 12.1 Å². The minimum atomic E-state index is -0.212. The predicted octanol–water partition coefficient (Wildman–Crippen LogP) is 2.68. The van der Waals surface area contributed by atoms with Crippen LogP contribution in [-0.4, -0.2) is 31.2 Å². The van der Waals surface area contributed by atoms with Crippen LogP contribution in [0.25, 0.3) is 0 Å². The summed E-state index contributed by atoms with van der Waals surface area (Å²) >= 11 is 0. The van der Waals surface area contributed by atoms with Gasteiger partial charge >= 0.3 is 0 Å². The summed E-state index contributed by atoms with van der Waals surface area (Å²) in [6, 6.07) is 11.1. The van der Waals surface area contributed by atoms with Crippen molar-refractivity contribution in [1.29, 1.82) is 0 Å². The minimum Gasteiger partial charge on any atom is -0.497 e. The molecular formula is C17H21N3O3. The first kappa shape index (κ1) is 16.8. The summed E-state index contributed by atoms with van der Waals surface area (Å²) in [7, 11) is 1.62. The Hall–Kier alpha value is -2.60. The first-order chi connectivity index (χ1) is 11.2. The van der Waals surface area contributed by atoms with E-state index < -0.39 is 0 Å². The number of hydrogen-bond acceptors (Lipinski definition) is 5. The molecule has 0 unspecified atom stereocenters. The van der Waals surface area contributed by atoms with Crippen molar-refractivity contribution < 1.29 is 14.3 Å². The molecule has 6 nitrogen and oxygen atoms in total. The second-order valence-electron chi connectivity index (χ2n) is 4.85. The van der Waals surface area contributed by atoms with Crippen LogP contribution >= 0.6 is 0 Å². The molecule has 2 aromatic rings. The van der Waals surface area contributed by atoms with Crippen LogP contribution in [0.2, 0.25) is 0 Å². The smallest absolute Gasteiger partial charge is 0.250 e. The molecule has 6 heteroatoms. The van der Waals surface area contributed by atoms with Crippen molar-refractivity contribution in [2.45, 2.75) is 13.5 Å². The maximum atomic E-state index is 11.8. The highest BCUT2D eigenvalue weighted by molar-refractivity contribution is 5.91. The molecule has 0 aliphatic heterocycles. The van der Waals surface area contributed by atoms with Gasteiger partial charge in [-0.2, -0.15) is 0 Å². The first-order valence-corrected chi connectivity index (χ1v) is 7.41.